The molecule has 0 atom stereocenters. The molecule has 0 bridgehead atoms. The number of benzene rings is 1. The summed E-state index contributed by atoms with van der Waals surface area (Å²) in [5, 5.41) is 0. The normalized spacial score (nSPS) is 10.1. The number of rotatable bonds is 2. The molecular weight excluding hydrogens is 202 g/mol. The van der Waals surface area contributed by atoms with Crippen molar-refractivity contribution in [2.45, 2.75) is 0 Å². The lowest BCUT2D eigenvalue weighted by Crippen LogP contribution is -2.17. The van der Waals surface area contributed by atoms with Crippen LogP contribution in [0.1, 0.15) is 0 Å². The monoisotopic (exact) mass is 215 g/mol. The van der Waals surface area contributed by atoms with E-state index >= 15 is 0 Å². The molecule has 3 nitrogen and oxygen atoms in total. The quantitative estimate of drug-likeness (QED) is 0.767. The Bertz CT molecular complexity index is 558. The summed E-state index contributed by atoms with van der Waals surface area (Å²) in [5.74, 6) is 0.753. The highest BCUT2D eigenvalue weighted by Crippen LogP contribution is 2.20. The van der Waals surface area contributed by atoms with Crippen LogP contribution < -0.4 is 10.3 Å². The summed E-state index contributed by atoms with van der Waals surface area (Å²) in [6, 6.07) is 11.2. The Morgan fingerprint density at radius 2 is 2.00 bits per heavy atom. The van der Waals surface area contributed by atoms with Gasteiger partial charge in [-0.2, -0.15) is 0 Å². The van der Waals surface area contributed by atoms with E-state index in [1.807, 2.05) is 36.4 Å². The molecule has 0 radical (unpaired) electrons. The first-order valence-electron chi connectivity index (χ1n) is 5.02. The van der Waals surface area contributed by atoms with Gasteiger partial charge in [-0.15, -0.1) is 0 Å². The Morgan fingerprint density at radius 1 is 1.19 bits per heavy atom. The van der Waals surface area contributed by atoms with Gasteiger partial charge in [-0.1, -0.05) is 12.1 Å². The Hall–Kier alpha value is -2.03. The lowest BCUT2D eigenvalue weighted by atomic mass is 10.1. The van der Waals surface area contributed by atoms with E-state index in [0.717, 1.165) is 11.3 Å². The summed E-state index contributed by atoms with van der Waals surface area (Å²) in [5.41, 5.74) is 1.56. The number of hydrogen-bond acceptors (Lipinski definition) is 2. The molecule has 0 saturated heterocycles. The van der Waals surface area contributed by atoms with Crippen LogP contribution in [0.15, 0.2) is 47.4 Å². The number of nitrogens with zero attached hydrogens (tertiary/aromatic N) is 1. The largest absolute Gasteiger partial charge is 0.497 e. The number of ether oxygens (including phenoxy) is 1. The van der Waals surface area contributed by atoms with Gasteiger partial charge in [-0.25, -0.2) is 0 Å². The van der Waals surface area contributed by atoms with Crippen molar-refractivity contribution < 1.29 is 4.74 Å². The fraction of sp³-hybridized carbons (Fsp3) is 0.154. The second kappa shape index (κ2) is 4.23. The van der Waals surface area contributed by atoms with Crippen molar-refractivity contribution in [3.05, 3.63) is 52.9 Å². The zero-order chi connectivity index (χ0) is 11.5. The van der Waals surface area contributed by atoms with E-state index in [9.17, 15) is 4.79 Å². The summed E-state index contributed by atoms with van der Waals surface area (Å²) in [6.07, 6.45) is 1.74. The lowest BCUT2D eigenvalue weighted by molar-refractivity contribution is 0.415. The molecule has 0 amide bonds. The standard InChI is InChI=1S/C13H13NO2/c1-14-8-4-7-12(13(14)15)10-5-3-6-11(9-10)16-2/h3-9H,1-2H3. The molecular formula is C13H13NO2. The van der Waals surface area contributed by atoms with Gasteiger partial charge >= 0.3 is 0 Å². The van der Waals surface area contributed by atoms with Crippen molar-refractivity contribution in [3.63, 3.8) is 0 Å². The Labute approximate surface area is 93.9 Å². The molecule has 82 valence electrons. The number of methoxy groups -OCH3 is 1. The summed E-state index contributed by atoms with van der Waals surface area (Å²) in [4.78, 5) is 11.9. The average Bonchev–Trinajstić information content (AvgIpc) is 2.33. The molecule has 0 saturated carbocycles. The molecule has 0 aliphatic rings. The maximum atomic E-state index is 11.9. The fourth-order valence-corrected chi connectivity index (χ4v) is 1.61. The minimum Gasteiger partial charge on any atom is -0.497 e. The Kier molecular flexibility index (Phi) is 2.77. The van der Waals surface area contributed by atoms with Gasteiger partial charge in [0.05, 0.1) is 7.11 Å². The number of aromatic nitrogens is 1. The van der Waals surface area contributed by atoms with Crippen LogP contribution in [-0.2, 0) is 7.05 Å². The van der Waals surface area contributed by atoms with Crippen LogP contribution in [0.25, 0.3) is 11.1 Å². The van der Waals surface area contributed by atoms with Gasteiger partial charge in [0.1, 0.15) is 5.75 Å². The minimum absolute atomic E-state index is 0.00393. The van der Waals surface area contributed by atoms with Crippen molar-refractivity contribution in [2.75, 3.05) is 7.11 Å². The van der Waals surface area contributed by atoms with Gasteiger partial charge in [-0.3, -0.25) is 4.79 Å². The summed E-state index contributed by atoms with van der Waals surface area (Å²) in [7, 11) is 3.36. The third kappa shape index (κ3) is 1.84. The molecule has 0 N–H and O–H groups in total. The van der Waals surface area contributed by atoms with Gasteiger partial charge in [0.15, 0.2) is 0 Å². The van der Waals surface area contributed by atoms with E-state index in [-0.39, 0.29) is 5.56 Å². The highest BCUT2D eigenvalue weighted by molar-refractivity contribution is 5.63. The molecule has 1 heterocycles. The van der Waals surface area contributed by atoms with E-state index in [2.05, 4.69) is 0 Å². The fourth-order valence-electron chi connectivity index (χ4n) is 1.61. The van der Waals surface area contributed by atoms with E-state index in [4.69, 9.17) is 4.74 Å². The molecule has 0 unspecified atom stereocenters. The van der Waals surface area contributed by atoms with Crippen LogP contribution in [0.3, 0.4) is 0 Å². The van der Waals surface area contributed by atoms with Crippen LogP contribution in [0.2, 0.25) is 0 Å². The highest BCUT2D eigenvalue weighted by atomic mass is 16.5. The molecule has 0 aliphatic heterocycles. The van der Waals surface area contributed by atoms with Crippen molar-refractivity contribution >= 4 is 0 Å². The van der Waals surface area contributed by atoms with Crippen molar-refractivity contribution in [2.24, 2.45) is 7.05 Å². The van der Waals surface area contributed by atoms with Crippen LogP contribution >= 0.6 is 0 Å². The zero-order valence-electron chi connectivity index (χ0n) is 9.31. The average molecular weight is 215 g/mol. The molecule has 0 fully saturated rings. The summed E-state index contributed by atoms with van der Waals surface area (Å²) in [6.45, 7) is 0. The summed E-state index contributed by atoms with van der Waals surface area (Å²) < 4.78 is 6.70. The predicted octanol–water partition coefficient (Wildman–Crippen LogP) is 2.06. The number of aryl methyl sites for hydroxylation is 1. The summed E-state index contributed by atoms with van der Waals surface area (Å²) >= 11 is 0. The molecule has 1 aromatic heterocycles. The van der Waals surface area contributed by atoms with Gasteiger partial charge in [0, 0.05) is 18.8 Å². The number of hydrogen-bond donors (Lipinski definition) is 0. The first kappa shape index (κ1) is 10.5. The molecule has 1 aromatic carbocycles. The first-order valence-corrected chi connectivity index (χ1v) is 5.02. The molecule has 2 rings (SSSR count). The molecule has 0 spiro atoms. The topological polar surface area (TPSA) is 31.2 Å². The predicted molar refractivity (Wildman–Crippen MR) is 63.7 cm³/mol. The van der Waals surface area contributed by atoms with Gasteiger partial charge < -0.3 is 9.30 Å². The van der Waals surface area contributed by atoms with E-state index < -0.39 is 0 Å². The Morgan fingerprint density at radius 3 is 2.75 bits per heavy atom. The molecule has 2 aromatic rings. The minimum atomic E-state index is -0.00393. The SMILES string of the molecule is COc1cccc(-c2cccn(C)c2=O)c1. The van der Waals surface area contributed by atoms with Crippen LogP contribution in [0.4, 0.5) is 0 Å². The molecule has 3 heteroatoms. The molecule has 0 aliphatic carbocycles. The van der Waals surface area contributed by atoms with E-state index in [1.54, 1.807) is 24.9 Å². The maximum Gasteiger partial charge on any atom is 0.258 e. The smallest absolute Gasteiger partial charge is 0.258 e. The third-order valence-corrected chi connectivity index (χ3v) is 2.50. The van der Waals surface area contributed by atoms with Gasteiger partial charge in [0.2, 0.25) is 0 Å². The third-order valence-electron chi connectivity index (χ3n) is 2.50. The van der Waals surface area contributed by atoms with Crippen LogP contribution in [-0.4, -0.2) is 11.7 Å². The van der Waals surface area contributed by atoms with E-state index in [1.165, 1.54) is 0 Å². The van der Waals surface area contributed by atoms with Crippen LogP contribution in [0.5, 0.6) is 5.75 Å². The van der Waals surface area contributed by atoms with Crippen molar-refractivity contribution in [1.82, 2.24) is 4.57 Å². The Balaban J connectivity index is 2.59. The van der Waals surface area contributed by atoms with Crippen molar-refractivity contribution in [3.8, 4) is 16.9 Å². The van der Waals surface area contributed by atoms with Gasteiger partial charge in [0.25, 0.3) is 5.56 Å². The highest BCUT2D eigenvalue weighted by Gasteiger charge is 2.04. The number of pyridine rings is 1. The molecule has 16 heavy (non-hydrogen) atoms. The lowest BCUT2D eigenvalue weighted by Gasteiger charge is -2.05. The van der Waals surface area contributed by atoms with Crippen LogP contribution in [0, 0.1) is 0 Å². The van der Waals surface area contributed by atoms with E-state index in [0.29, 0.717) is 5.56 Å². The first-order chi connectivity index (χ1) is 7.72. The zero-order valence-corrected chi connectivity index (χ0v) is 9.31. The maximum absolute atomic E-state index is 11.9. The second-order valence-electron chi connectivity index (χ2n) is 3.57. The van der Waals surface area contributed by atoms with Gasteiger partial charge in [-0.05, 0) is 29.8 Å². The second-order valence-corrected chi connectivity index (χ2v) is 3.57. The van der Waals surface area contributed by atoms with Crippen molar-refractivity contribution in [1.29, 1.82) is 0 Å².